The molecule has 42 heavy (non-hydrogen) atoms. The molecule has 1 unspecified atom stereocenters. The maximum Gasteiger partial charge on any atom is 0.264 e. The van der Waals surface area contributed by atoms with E-state index in [9.17, 15) is 18.0 Å². The number of carbonyl (C=O) groups excluding carboxylic acids is 2. The van der Waals surface area contributed by atoms with Crippen LogP contribution in [0.25, 0.3) is 0 Å². The van der Waals surface area contributed by atoms with Crippen molar-refractivity contribution in [1.82, 2.24) is 10.2 Å². The minimum absolute atomic E-state index is 0.00535. The van der Waals surface area contributed by atoms with Gasteiger partial charge in [0.15, 0.2) is 0 Å². The number of rotatable bonds is 13. The molecule has 11 heteroatoms. The second-order valence-electron chi connectivity index (χ2n) is 10.1. The van der Waals surface area contributed by atoms with E-state index >= 15 is 0 Å². The topological polar surface area (TPSA) is 105 Å². The second-order valence-corrected chi connectivity index (χ2v) is 12.4. The molecule has 3 rings (SSSR count). The summed E-state index contributed by atoms with van der Waals surface area (Å²) >= 11 is 6.29. The van der Waals surface area contributed by atoms with Crippen LogP contribution in [0, 0.1) is 6.92 Å². The number of halogens is 1. The third-order valence-electron chi connectivity index (χ3n) is 6.63. The van der Waals surface area contributed by atoms with Crippen LogP contribution in [0.4, 0.5) is 5.69 Å². The lowest BCUT2D eigenvalue weighted by Gasteiger charge is -2.34. The van der Waals surface area contributed by atoms with Gasteiger partial charge in [-0.3, -0.25) is 13.9 Å². The number of hydrogen-bond acceptors (Lipinski definition) is 6. The first-order valence-corrected chi connectivity index (χ1v) is 15.4. The van der Waals surface area contributed by atoms with Crippen LogP contribution in [-0.2, 0) is 26.2 Å². The van der Waals surface area contributed by atoms with Crippen LogP contribution in [0.1, 0.15) is 38.3 Å². The van der Waals surface area contributed by atoms with Gasteiger partial charge in [-0.1, -0.05) is 48.4 Å². The van der Waals surface area contributed by atoms with Crippen molar-refractivity contribution >= 4 is 39.1 Å². The Kier molecular flexibility index (Phi) is 11.2. The Bertz CT molecular complexity index is 1480. The third kappa shape index (κ3) is 7.95. The molecule has 0 aromatic heterocycles. The van der Waals surface area contributed by atoms with E-state index in [1.807, 2.05) is 20.8 Å². The van der Waals surface area contributed by atoms with Crippen LogP contribution >= 0.6 is 11.6 Å². The summed E-state index contributed by atoms with van der Waals surface area (Å²) in [4.78, 5) is 28.9. The maximum absolute atomic E-state index is 14.2. The zero-order chi connectivity index (χ0) is 31.0. The molecule has 1 N–H and O–H groups in total. The van der Waals surface area contributed by atoms with E-state index < -0.39 is 28.5 Å². The van der Waals surface area contributed by atoms with E-state index in [1.165, 1.54) is 30.2 Å². The van der Waals surface area contributed by atoms with E-state index in [0.29, 0.717) is 12.2 Å². The van der Waals surface area contributed by atoms with Crippen molar-refractivity contribution in [3.05, 3.63) is 82.9 Å². The molecule has 0 aliphatic carbocycles. The predicted molar refractivity (Wildman–Crippen MR) is 165 cm³/mol. The molecule has 226 valence electrons. The zero-order valence-corrected chi connectivity index (χ0v) is 26.3. The molecule has 0 aliphatic heterocycles. The fourth-order valence-corrected chi connectivity index (χ4v) is 6.02. The fraction of sp³-hybridized carbons (Fsp3) is 0.355. The van der Waals surface area contributed by atoms with Gasteiger partial charge < -0.3 is 19.7 Å². The molecule has 2 amide bonds. The first kappa shape index (κ1) is 32.8. The van der Waals surface area contributed by atoms with Crippen molar-refractivity contribution in [2.75, 3.05) is 25.1 Å². The Morgan fingerprint density at radius 1 is 0.952 bits per heavy atom. The van der Waals surface area contributed by atoms with Gasteiger partial charge in [-0.15, -0.1) is 0 Å². The Labute approximate surface area is 253 Å². The van der Waals surface area contributed by atoms with Gasteiger partial charge in [-0.2, -0.15) is 0 Å². The quantitative estimate of drug-likeness (QED) is 0.284. The van der Waals surface area contributed by atoms with Crippen LogP contribution in [0.2, 0.25) is 5.02 Å². The number of nitrogens with zero attached hydrogens (tertiary/aromatic N) is 2. The number of aryl methyl sites for hydroxylation is 1. The molecule has 0 bridgehead atoms. The Hall–Kier alpha value is -3.76. The summed E-state index contributed by atoms with van der Waals surface area (Å²) in [6.07, 6.45) is 0.311. The number of ether oxygens (including phenoxy) is 2. The number of hydrogen-bond donors (Lipinski definition) is 1. The lowest BCUT2D eigenvalue weighted by molar-refractivity contribution is -0.140. The standard InChI is InChI=1S/C31H38ClN3O6S/c1-7-27(31(37)33-21(2)3)34(19-23-10-13-25(40-5)14-11-23)30(36)20-35(28-18-24(32)12-17-29(28)41-6)42(38,39)26-15-8-22(4)9-16-26/h8-18,21,27H,7,19-20H2,1-6H3,(H,33,37). The number of amides is 2. The third-order valence-corrected chi connectivity index (χ3v) is 8.64. The summed E-state index contributed by atoms with van der Waals surface area (Å²) in [5, 5.41) is 3.15. The van der Waals surface area contributed by atoms with E-state index in [1.54, 1.807) is 62.6 Å². The van der Waals surface area contributed by atoms with Crippen LogP contribution in [0.15, 0.2) is 71.6 Å². The van der Waals surface area contributed by atoms with Crippen LogP contribution in [0.3, 0.4) is 0 Å². The molecule has 0 saturated heterocycles. The number of sulfonamides is 1. The van der Waals surface area contributed by atoms with E-state index in [2.05, 4.69) is 5.32 Å². The van der Waals surface area contributed by atoms with Crippen LogP contribution in [0.5, 0.6) is 11.5 Å². The summed E-state index contributed by atoms with van der Waals surface area (Å²) in [6, 6.07) is 17.0. The molecular weight excluding hydrogens is 578 g/mol. The summed E-state index contributed by atoms with van der Waals surface area (Å²) in [5.74, 6) is -0.0456. The number of nitrogens with one attached hydrogen (secondary N) is 1. The number of methoxy groups -OCH3 is 2. The molecule has 3 aromatic carbocycles. The van der Waals surface area contributed by atoms with Gasteiger partial charge in [0, 0.05) is 17.6 Å². The molecule has 9 nitrogen and oxygen atoms in total. The summed E-state index contributed by atoms with van der Waals surface area (Å²) in [6.45, 7) is 6.79. The van der Waals surface area contributed by atoms with Crippen molar-refractivity contribution in [1.29, 1.82) is 0 Å². The highest BCUT2D eigenvalue weighted by atomic mass is 35.5. The highest BCUT2D eigenvalue weighted by Crippen LogP contribution is 2.35. The molecule has 0 radical (unpaired) electrons. The van der Waals surface area contributed by atoms with E-state index in [4.69, 9.17) is 21.1 Å². The SMILES string of the molecule is CCC(C(=O)NC(C)C)N(Cc1ccc(OC)cc1)C(=O)CN(c1cc(Cl)ccc1OC)S(=O)(=O)c1ccc(C)cc1. The molecule has 0 aliphatic rings. The van der Waals surface area contributed by atoms with Gasteiger partial charge in [0.1, 0.15) is 24.1 Å². The smallest absolute Gasteiger partial charge is 0.264 e. The molecule has 0 saturated carbocycles. The minimum atomic E-state index is -4.27. The summed E-state index contributed by atoms with van der Waals surface area (Å²) in [5.41, 5.74) is 1.72. The average molecular weight is 616 g/mol. The van der Waals surface area contributed by atoms with Crippen molar-refractivity contribution in [3.63, 3.8) is 0 Å². The fourth-order valence-electron chi connectivity index (χ4n) is 4.44. The molecule has 3 aromatic rings. The van der Waals surface area contributed by atoms with Crippen LogP contribution < -0.4 is 19.1 Å². The first-order valence-electron chi connectivity index (χ1n) is 13.6. The molecule has 1 atom stereocenters. The minimum Gasteiger partial charge on any atom is -0.497 e. The van der Waals surface area contributed by atoms with Gasteiger partial charge >= 0.3 is 0 Å². The monoisotopic (exact) mass is 615 g/mol. The van der Waals surface area contributed by atoms with Crippen molar-refractivity contribution < 1.29 is 27.5 Å². The van der Waals surface area contributed by atoms with E-state index in [-0.39, 0.29) is 39.8 Å². The first-order chi connectivity index (χ1) is 19.9. The predicted octanol–water partition coefficient (Wildman–Crippen LogP) is 5.19. The number of anilines is 1. The lowest BCUT2D eigenvalue weighted by atomic mass is 10.1. The number of benzene rings is 3. The molecule has 0 spiro atoms. The molecular formula is C31H38ClN3O6S. The molecule has 0 fully saturated rings. The second kappa shape index (κ2) is 14.4. The summed E-state index contributed by atoms with van der Waals surface area (Å²) < 4.78 is 39.9. The van der Waals surface area contributed by atoms with Gasteiger partial charge in [0.05, 0.1) is 24.8 Å². The van der Waals surface area contributed by atoms with E-state index in [0.717, 1.165) is 15.4 Å². The van der Waals surface area contributed by atoms with Gasteiger partial charge in [0.2, 0.25) is 11.8 Å². The Morgan fingerprint density at radius 3 is 2.14 bits per heavy atom. The van der Waals surface area contributed by atoms with Crippen molar-refractivity contribution in [3.8, 4) is 11.5 Å². The van der Waals surface area contributed by atoms with Crippen molar-refractivity contribution in [2.45, 2.75) is 57.6 Å². The Morgan fingerprint density at radius 2 is 1.60 bits per heavy atom. The van der Waals surface area contributed by atoms with Crippen molar-refractivity contribution in [2.24, 2.45) is 0 Å². The lowest BCUT2D eigenvalue weighted by Crippen LogP contribution is -2.53. The largest absolute Gasteiger partial charge is 0.497 e. The number of carbonyl (C=O) groups is 2. The zero-order valence-electron chi connectivity index (χ0n) is 24.8. The maximum atomic E-state index is 14.2. The highest BCUT2D eigenvalue weighted by molar-refractivity contribution is 7.92. The van der Waals surface area contributed by atoms with Crippen LogP contribution in [-0.4, -0.2) is 58.0 Å². The average Bonchev–Trinajstić information content (AvgIpc) is 2.95. The normalized spacial score (nSPS) is 12.0. The summed E-state index contributed by atoms with van der Waals surface area (Å²) in [7, 11) is -1.31. The Balaban J connectivity index is 2.12. The highest BCUT2D eigenvalue weighted by Gasteiger charge is 2.35. The van der Waals surface area contributed by atoms with Gasteiger partial charge in [0.25, 0.3) is 10.0 Å². The van der Waals surface area contributed by atoms with Gasteiger partial charge in [-0.05, 0) is 75.2 Å². The molecule has 0 heterocycles. The van der Waals surface area contributed by atoms with Gasteiger partial charge in [-0.25, -0.2) is 8.42 Å².